The molecule has 3 heterocycles. The quantitative estimate of drug-likeness (QED) is 0.0675. The lowest BCUT2D eigenvalue weighted by molar-refractivity contribution is 0.442. The van der Waals surface area contributed by atoms with Crippen LogP contribution < -0.4 is 25.4 Å². The number of imidazole rings is 3. The molecule has 5 aromatic carbocycles. The van der Waals surface area contributed by atoms with Crippen molar-refractivity contribution in [3.05, 3.63) is 191 Å². The Kier molecular flexibility index (Phi) is 14.5. The van der Waals surface area contributed by atoms with E-state index in [9.17, 15) is 4.39 Å². The molecule has 0 bridgehead atoms. The third-order valence-electron chi connectivity index (χ3n) is 7.71. The molecule has 6 N–H and O–H groups in total. The molecular formula is C42H38BrClFN9O2. The number of nitrogens with one attached hydrogen (secondary N) is 6. The minimum atomic E-state index is -0.397. The van der Waals surface area contributed by atoms with Gasteiger partial charge in [-0.25, -0.2) is 19.3 Å². The number of aromatic amines is 3. The van der Waals surface area contributed by atoms with Crippen LogP contribution in [-0.4, -0.2) is 29.9 Å². The van der Waals surface area contributed by atoms with E-state index in [0.29, 0.717) is 29.6 Å². The first-order chi connectivity index (χ1) is 27.4. The van der Waals surface area contributed by atoms with Crippen molar-refractivity contribution in [3.8, 4) is 23.0 Å². The van der Waals surface area contributed by atoms with Gasteiger partial charge in [-0.2, -0.15) is 0 Å². The Bertz CT molecular complexity index is 2330. The van der Waals surface area contributed by atoms with Crippen LogP contribution in [0.25, 0.3) is 0 Å². The van der Waals surface area contributed by atoms with Gasteiger partial charge in [-0.1, -0.05) is 63.9 Å². The van der Waals surface area contributed by atoms with Gasteiger partial charge >= 0.3 is 0 Å². The second kappa shape index (κ2) is 20.8. The van der Waals surface area contributed by atoms with Crippen molar-refractivity contribution < 1.29 is 13.9 Å². The molecule has 0 aliphatic heterocycles. The van der Waals surface area contributed by atoms with E-state index in [4.69, 9.17) is 21.1 Å². The first-order valence-corrected chi connectivity index (χ1v) is 18.6. The highest BCUT2D eigenvalue weighted by Crippen LogP contribution is 2.28. The molecule has 14 heteroatoms. The van der Waals surface area contributed by atoms with Gasteiger partial charge < -0.3 is 40.4 Å². The maximum Gasteiger partial charge on any atom is 0.165 e. The molecule has 0 aliphatic carbocycles. The number of hydrogen-bond donors (Lipinski definition) is 6. The number of halogens is 3. The number of hydrogen-bond acceptors (Lipinski definition) is 8. The van der Waals surface area contributed by atoms with Crippen LogP contribution >= 0.6 is 27.5 Å². The van der Waals surface area contributed by atoms with E-state index >= 15 is 0 Å². The molecule has 0 atom stereocenters. The summed E-state index contributed by atoms with van der Waals surface area (Å²) in [6, 6.07) is 37.0. The van der Waals surface area contributed by atoms with Gasteiger partial charge in [0.05, 0.1) is 55.7 Å². The van der Waals surface area contributed by atoms with Crippen LogP contribution in [0.3, 0.4) is 0 Å². The fraction of sp³-hybridized carbons (Fsp3) is 0.0714. The summed E-state index contributed by atoms with van der Waals surface area (Å²) >= 11 is 9.37. The van der Waals surface area contributed by atoms with Gasteiger partial charge in [-0.3, -0.25) is 0 Å². The normalized spacial score (nSPS) is 10.3. The van der Waals surface area contributed by atoms with E-state index in [1.54, 1.807) is 61.7 Å². The average molecular weight is 835 g/mol. The SMILES string of the molecule is Brc1cccc(NCc2cnc[nH]2)c1.Clc1cccc(Oc2cccc(NCc3cnc[nH]3)c2)c1.Fc1ccc(NCc2cnc[nH]2)cc1Oc1ccccc1. The van der Waals surface area contributed by atoms with Gasteiger partial charge in [0.25, 0.3) is 0 Å². The molecule has 0 amide bonds. The Hall–Kier alpha value is -6.57. The topological polar surface area (TPSA) is 141 Å². The zero-order valence-electron chi connectivity index (χ0n) is 29.9. The minimum absolute atomic E-state index is 0.191. The summed E-state index contributed by atoms with van der Waals surface area (Å²) in [5.41, 5.74) is 5.89. The molecule has 284 valence electrons. The number of benzene rings is 5. The van der Waals surface area contributed by atoms with Crippen molar-refractivity contribution in [2.45, 2.75) is 19.6 Å². The first-order valence-electron chi connectivity index (χ1n) is 17.4. The first kappa shape index (κ1) is 39.1. The van der Waals surface area contributed by atoms with Gasteiger partial charge in [0.15, 0.2) is 11.6 Å². The number of ether oxygens (including phenoxy) is 2. The summed E-state index contributed by atoms with van der Waals surface area (Å²) in [5, 5.41) is 10.4. The summed E-state index contributed by atoms with van der Waals surface area (Å²) in [4.78, 5) is 21.0. The van der Waals surface area contributed by atoms with Crippen molar-refractivity contribution in [2.75, 3.05) is 16.0 Å². The molecule has 0 fully saturated rings. The number of H-pyrrole nitrogens is 3. The second-order valence-corrected chi connectivity index (χ2v) is 13.3. The zero-order chi connectivity index (χ0) is 38.8. The maximum absolute atomic E-state index is 13.8. The predicted octanol–water partition coefficient (Wildman–Crippen LogP) is 11.2. The number of para-hydroxylation sites is 1. The Morgan fingerprint density at radius 3 is 1.61 bits per heavy atom. The van der Waals surface area contributed by atoms with Gasteiger partial charge in [0, 0.05) is 57.3 Å². The third kappa shape index (κ3) is 13.1. The summed E-state index contributed by atoms with van der Waals surface area (Å²) in [6.07, 6.45) is 10.3. The second-order valence-electron chi connectivity index (χ2n) is 11.9. The lowest BCUT2D eigenvalue weighted by atomic mass is 10.2. The fourth-order valence-electron chi connectivity index (χ4n) is 4.98. The van der Waals surface area contributed by atoms with Crippen LogP contribution in [0.1, 0.15) is 17.1 Å². The summed E-state index contributed by atoms with van der Waals surface area (Å²) in [7, 11) is 0. The summed E-state index contributed by atoms with van der Waals surface area (Å²) in [6.45, 7) is 2.02. The Morgan fingerprint density at radius 1 is 0.536 bits per heavy atom. The van der Waals surface area contributed by atoms with Crippen LogP contribution in [0.15, 0.2) is 163 Å². The van der Waals surface area contributed by atoms with Crippen molar-refractivity contribution in [1.29, 1.82) is 0 Å². The summed E-state index contributed by atoms with van der Waals surface area (Å²) < 4.78 is 26.2. The molecule has 8 aromatic rings. The van der Waals surface area contributed by atoms with E-state index in [-0.39, 0.29) is 5.75 Å². The van der Waals surface area contributed by atoms with Crippen molar-refractivity contribution in [2.24, 2.45) is 0 Å². The van der Waals surface area contributed by atoms with E-state index in [0.717, 1.165) is 50.9 Å². The molecule has 3 aromatic heterocycles. The van der Waals surface area contributed by atoms with Crippen molar-refractivity contribution in [1.82, 2.24) is 29.9 Å². The Balaban J connectivity index is 0.000000146. The lowest BCUT2D eigenvalue weighted by Crippen LogP contribution is -2.00. The third-order valence-corrected chi connectivity index (χ3v) is 8.43. The predicted molar refractivity (Wildman–Crippen MR) is 223 cm³/mol. The van der Waals surface area contributed by atoms with E-state index in [1.165, 1.54) is 6.07 Å². The lowest BCUT2D eigenvalue weighted by Gasteiger charge is -2.10. The minimum Gasteiger partial charge on any atom is -0.457 e. The van der Waals surface area contributed by atoms with Crippen LogP contribution in [0.2, 0.25) is 5.02 Å². The highest BCUT2D eigenvalue weighted by Gasteiger charge is 2.07. The molecule has 0 saturated heterocycles. The molecule has 8 rings (SSSR count). The molecule has 0 saturated carbocycles. The van der Waals surface area contributed by atoms with Crippen LogP contribution in [-0.2, 0) is 19.6 Å². The van der Waals surface area contributed by atoms with Crippen LogP contribution in [0.5, 0.6) is 23.0 Å². The number of rotatable bonds is 13. The molecule has 11 nitrogen and oxygen atoms in total. The highest BCUT2D eigenvalue weighted by molar-refractivity contribution is 9.10. The molecular weight excluding hydrogens is 797 g/mol. The van der Waals surface area contributed by atoms with Crippen LogP contribution in [0, 0.1) is 5.82 Å². The van der Waals surface area contributed by atoms with E-state index in [1.807, 2.05) is 91.1 Å². The Morgan fingerprint density at radius 2 is 1.05 bits per heavy atom. The van der Waals surface area contributed by atoms with Gasteiger partial charge in [0.1, 0.15) is 17.2 Å². The molecule has 0 radical (unpaired) electrons. The zero-order valence-corrected chi connectivity index (χ0v) is 32.3. The largest absolute Gasteiger partial charge is 0.457 e. The molecule has 56 heavy (non-hydrogen) atoms. The number of anilines is 3. The van der Waals surface area contributed by atoms with E-state index < -0.39 is 5.82 Å². The van der Waals surface area contributed by atoms with Gasteiger partial charge in [-0.05, 0) is 72.8 Å². The van der Waals surface area contributed by atoms with E-state index in [2.05, 4.69) is 61.8 Å². The standard InChI is InChI=1S/C16H14ClN3O.C16H14FN3O.C10H10BrN3/c17-12-3-1-5-15(7-12)21-16-6-2-4-13(8-16)19-10-14-9-18-11-20-14;17-15-7-6-12(19-10-13-9-18-11-20-13)8-16(15)21-14-4-2-1-3-5-14;11-8-2-1-3-9(4-8)13-6-10-5-12-7-14-10/h2*1-9,11,19H,10H2,(H,18,20);1-5,7,13H,6H2,(H,12,14). The molecule has 0 aliphatic rings. The fourth-order valence-corrected chi connectivity index (χ4v) is 5.56. The monoisotopic (exact) mass is 833 g/mol. The van der Waals surface area contributed by atoms with Gasteiger partial charge in [0.2, 0.25) is 0 Å². The average Bonchev–Trinajstić information content (AvgIpc) is 4.04. The Labute approximate surface area is 336 Å². The maximum atomic E-state index is 13.8. The smallest absolute Gasteiger partial charge is 0.165 e. The molecule has 0 unspecified atom stereocenters. The summed E-state index contributed by atoms with van der Waals surface area (Å²) in [5.74, 6) is 1.86. The van der Waals surface area contributed by atoms with Gasteiger partial charge in [-0.15, -0.1) is 0 Å². The van der Waals surface area contributed by atoms with Crippen molar-refractivity contribution in [3.63, 3.8) is 0 Å². The number of nitrogens with zero attached hydrogens (tertiary/aromatic N) is 3. The molecule has 0 spiro atoms. The highest BCUT2D eigenvalue weighted by atomic mass is 79.9. The van der Waals surface area contributed by atoms with Crippen molar-refractivity contribution >= 4 is 44.6 Å². The van der Waals surface area contributed by atoms with Crippen LogP contribution in [0.4, 0.5) is 21.5 Å². The number of aromatic nitrogens is 6.